The van der Waals surface area contributed by atoms with Crippen LogP contribution < -0.4 is 16.8 Å². The van der Waals surface area contributed by atoms with Gasteiger partial charge in [0.1, 0.15) is 5.75 Å². The van der Waals surface area contributed by atoms with E-state index in [0.717, 1.165) is 0 Å². The molecule has 5 unspecified atom stereocenters. The first kappa shape index (κ1) is 26.5. The Morgan fingerprint density at radius 2 is 1.73 bits per heavy atom. The smallest absolute Gasteiger partial charge is 0.411 e. The molecule has 3 aliphatic carbocycles. The Labute approximate surface area is 213 Å². The fourth-order valence-electron chi connectivity index (χ4n) is 5.84. The van der Waals surface area contributed by atoms with Crippen LogP contribution in [0.15, 0.2) is 6.07 Å². The zero-order chi connectivity index (χ0) is 27.4. The molecular formula is C26H31N3O8. The van der Waals surface area contributed by atoms with E-state index in [1.54, 1.807) is 0 Å². The first-order valence-corrected chi connectivity index (χ1v) is 12.2. The van der Waals surface area contributed by atoms with E-state index in [-0.39, 0.29) is 49.1 Å². The van der Waals surface area contributed by atoms with Crippen LogP contribution in [0.5, 0.6) is 5.75 Å². The maximum absolute atomic E-state index is 13.7. The minimum absolute atomic E-state index is 0.00371. The van der Waals surface area contributed by atoms with Gasteiger partial charge in [0.05, 0.1) is 29.7 Å². The molecule has 3 aliphatic rings. The summed E-state index contributed by atoms with van der Waals surface area (Å²) in [5, 5.41) is 13.4. The lowest BCUT2D eigenvalue weighted by molar-refractivity contribution is -0.152. The van der Waals surface area contributed by atoms with Gasteiger partial charge in [-0.05, 0) is 47.3 Å². The topological polar surface area (TPSA) is 196 Å². The molecule has 5 atom stereocenters. The number of ketones is 4. The van der Waals surface area contributed by atoms with Crippen molar-refractivity contribution in [1.29, 1.82) is 0 Å². The number of rotatable bonds is 4. The normalized spacial score (nSPS) is 27.2. The van der Waals surface area contributed by atoms with Gasteiger partial charge in [0.25, 0.3) is 0 Å². The number of aromatic hydroxyl groups is 1. The Morgan fingerprint density at radius 3 is 2.32 bits per heavy atom. The standard InChI is InChI=1S/C26H31N3O8/c1-26(2,3)9-37-25(36)29-14-6-12(8-27)13-5-10-4-11-7-15(30)19(24(28)35)23(34)17(11)21(32)16(10)22(33)18(13)20(14)31/h6,10-11,16-17,19,31H,4-5,7-9,27H2,1-3H3,(H2,28,35)(H,29,36). The van der Waals surface area contributed by atoms with E-state index in [1.165, 1.54) is 6.07 Å². The van der Waals surface area contributed by atoms with Gasteiger partial charge in [-0.1, -0.05) is 20.8 Å². The Balaban J connectivity index is 1.69. The number of carbonyl (C=O) groups is 6. The fourth-order valence-corrected chi connectivity index (χ4v) is 5.84. The predicted octanol–water partition coefficient (Wildman–Crippen LogP) is 1.27. The van der Waals surface area contributed by atoms with Gasteiger partial charge >= 0.3 is 6.09 Å². The monoisotopic (exact) mass is 513 g/mol. The van der Waals surface area contributed by atoms with Crippen molar-refractivity contribution in [3.05, 3.63) is 22.8 Å². The highest BCUT2D eigenvalue weighted by Gasteiger charge is 2.57. The second kappa shape index (κ2) is 9.37. The summed E-state index contributed by atoms with van der Waals surface area (Å²) in [4.78, 5) is 76.6. The van der Waals surface area contributed by atoms with Gasteiger partial charge < -0.3 is 21.3 Å². The summed E-state index contributed by atoms with van der Waals surface area (Å²) in [6.45, 7) is 5.74. The van der Waals surface area contributed by atoms with E-state index >= 15 is 0 Å². The molecule has 0 saturated heterocycles. The Morgan fingerprint density at radius 1 is 1.08 bits per heavy atom. The first-order valence-electron chi connectivity index (χ1n) is 12.2. The highest BCUT2D eigenvalue weighted by Crippen LogP contribution is 2.49. The van der Waals surface area contributed by atoms with Gasteiger partial charge in [0, 0.05) is 13.0 Å². The van der Waals surface area contributed by atoms with Crippen LogP contribution in [0, 0.1) is 35.0 Å². The molecule has 1 aromatic carbocycles. The molecule has 2 fully saturated rings. The van der Waals surface area contributed by atoms with Crippen molar-refractivity contribution in [2.75, 3.05) is 11.9 Å². The zero-order valence-electron chi connectivity index (χ0n) is 21.0. The maximum Gasteiger partial charge on any atom is 0.411 e. The van der Waals surface area contributed by atoms with Crippen LogP contribution >= 0.6 is 0 Å². The second-order valence-corrected chi connectivity index (χ2v) is 11.3. The minimum Gasteiger partial charge on any atom is -0.505 e. The number of ether oxygens (including phenoxy) is 1. The van der Waals surface area contributed by atoms with E-state index in [4.69, 9.17) is 16.2 Å². The second-order valence-electron chi connectivity index (χ2n) is 11.3. The fraction of sp³-hybridized carbons (Fsp3) is 0.538. The molecule has 198 valence electrons. The molecule has 11 heteroatoms. The summed E-state index contributed by atoms with van der Waals surface area (Å²) in [5.41, 5.74) is 11.6. The van der Waals surface area contributed by atoms with Gasteiger partial charge in [-0.25, -0.2) is 4.79 Å². The van der Waals surface area contributed by atoms with E-state index in [0.29, 0.717) is 11.1 Å². The van der Waals surface area contributed by atoms with Crippen molar-refractivity contribution in [1.82, 2.24) is 0 Å². The number of amides is 2. The van der Waals surface area contributed by atoms with Crippen LogP contribution in [-0.4, -0.2) is 46.8 Å². The summed E-state index contributed by atoms with van der Waals surface area (Å²) in [7, 11) is 0. The quantitative estimate of drug-likeness (QED) is 0.338. The zero-order valence-corrected chi connectivity index (χ0v) is 21.0. The first-order chi connectivity index (χ1) is 17.2. The molecular weight excluding hydrogens is 482 g/mol. The predicted molar refractivity (Wildman–Crippen MR) is 129 cm³/mol. The summed E-state index contributed by atoms with van der Waals surface area (Å²) < 4.78 is 5.19. The van der Waals surface area contributed by atoms with Crippen LogP contribution in [0.25, 0.3) is 0 Å². The van der Waals surface area contributed by atoms with E-state index in [1.807, 2.05) is 20.8 Å². The van der Waals surface area contributed by atoms with Gasteiger partial charge in [-0.2, -0.15) is 0 Å². The van der Waals surface area contributed by atoms with Crippen LogP contribution in [-0.2, 0) is 36.9 Å². The molecule has 0 aliphatic heterocycles. The Bertz CT molecular complexity index is 1230. The van der Waals surface area contributed by atoms with Gasteiger partial charge in [-0.15, -0.1) is 0 Å². The van der Waals surface area contributed by atoms with Crippen LogP contribution in [0.3, 0.4) is 0 Å². The number of primary amides is 1. The lowest BCUT2D eigenvalue weighted by Gasteiger charge is -2.44. The Hall–Kier alpha value is -3.60. The van der Waals surface area contributed by atoms with Crippen molar-refractivity contribution in [2.24, 2.45) is 46.5 Å². The molecule has 0 radical (unpaired) electrons. The van der Waals surface area contributed by atoms with Crippen LogP contribution in [0.1, 0.15) is 55.1 Å². The number of hydrogen-bond donors (Lipinski definition) is 4. The highest BCUT2D eigenvalue weighted by molar-refractivity contribution is 6.27. The van der Waals surface area contributed by atoms with E-state index in [9.17, 15) is 33.9 Å². The number of hydrogen-bond acceptors (Lipinski definition) is 9. The van der Waals surface area contributed by atoms with E-state index < -0.39 is 70.5 Å². The van der Waals surface area contributed by atoms with Crippen molar-refractivity contribution in [3.63, 3.8) is 0 Å². The third-order valence-corrected chi connectivity index (χ3v) is 7.41. The van der Waals surface area contributed by atoms with Crippen molar-refractivity contribution in [2.45, 2.75) is 46.6 Å². The van der Waals surface area contributed by atoms with Crippen LogP contribution in [0.2, 0.25) is 0 Å². The molecule has 0 spiro atoms. The van der Waals surface area contributed by atoms with Gasteiger partial charge in [0.15, 0.2) is 29.1 Å². The number of phenolic OH excluding ortho intramolecular Hbond substituents is 1. The molecule has 2 amide bonds. The SMILES string of the molecule is CC(C)(C)COC(=O)Nc1cc(CN)c2c(c1O)C(=O)C1C(=O)C3C(=O)C(C(N)=O)C(=O)CC3CC1C2. The number of anilines is 1. The number of fused-ring (bicyclic) bond motifs is 3. The van der Waals surface area contributed by atoms with Crippen molar-refractivity contribution >= 4 is 40.8 Å². The molecule has 0 aromatic heterocycles. The molecule has 2 saturated carbocycles. The van der Waals surface area contributed by atoms with Crippen molar-refractivity contribution in [3.8, 4) is 5.75 Å². The summed E-state index contributed by atoms with van der Waals surface area (Å²) in [6, 6.07) is 1.47. The third-order valence-electron chi connectivity index (χ3n) is 7.41. The summed E-state index contributed by atoms with van der Waals surface area (Å²) >= 11 is 0. The number of nitrogens with one attached hydrogen (secondary N) is 1. The number of nitrogens with two attached hydrogens (primary N) is 2. The number of carbonyl (C=O) groups excluding carboxylic acids is 6. The van der Waals surface area contributed by atoms with Crippen LogP contribution in [0.4, 0.5) is 10.5 Å². The minimum atomic E-state index is -1.69. The molecule has 1 aromatic rings. The summed E-state index contributed by atoms with van der Waals surface area (Å²) in [6.07, 6.45) is -0.508. The lowest BCUT2D eigenvalue weighted by Crippen LogP contribution is -2.56. The van der Waals surface area contributed by atoms with Crippen molar-refractivity contribution < 1.29 is 38.6 Å². The van der Waals surface area contributed by atoms with Gasteiger partial charge in [-0.3, -0.25) is 29.3 Å². The van der Waals surface area contributed by atoms with E-state index in [2.05, 4.69) is 5.32 Å². The molecule has 0 heterocycles. The molecule has 37 heavy (non-hydrogen) atoms. The Kier molecular flexibility index (Phi) is 6.70. The molecule has 0 bridgehead atoms. The average molecular weight is 514 g/mol. The molecule has 11 nitrogen and oxygen atoms in total. The third kappa shape index (κ3) is 4.63. The number of benzene rings is 1. The van der Waals surface area contributed by atoms with Gasteiger partial charge in [0.2, 0.25) is 5.91 Å². The average Bonchev–Trinajstić information content (AvgIpc) is 2.78. The number of Topliss-reactive ketones (excluding diaryl/α,β-unsaturated/α-hetero) is 4. The highest BCUT2D eigenvalue weighted by atomic mass is 16.5. The largest absolute Gasteiger partial charge is 0.505 e. The maximum atomic E-state index is 13.7. The summed E-state index contributed by atoms with van der Waals surface area (Å²) in [5.74, 6) is -9.79. The number of phenols is 1. The molecule has 6 N–H and O–H groups in total. The molecule has 4 rings (SSSR count). The lowest BCUT2D eigenvalue weighted by atomic mass is 9.56.